The molecule has 0 amide bonds. The number of hydrogen-bond donors (Lipinski definition) is 1. The number of anilines is 2. The Hall–Kier alpha value is -3.02. The van der Waals surface area contributed by atoms with E-state index in [2.05, 4.69) is 14.7 Å². The highest BCUT2D eigenvalue weighted by Gasteiger charge is 2.29. The Morgan fingerprint density at radius 1 is 0.781 bits per heavy atom. The minimum absolute atomic E-state index is 0.0545. The molecule has 0 aliphatic carbocycles. The molecule has 4 rings (SSSR count). The highest BCUT2D eigenvalue weighted by atomic mass is 32.2. The quantitative estimate of drug-likeness (QED) is 0.558. The fraction of sp³-hybridized carbons (Fsp3) is 0.238. The van der Waals surface area contributed by atoms with Crippen molar-refractivity contribution >= 4 is 31.7 Å². The highest BCUT2D eigenvalue weighted by Crippen LogP contribution is 2.25. The van der Waals surface area contributed by atoms with Crippen molar-refractivity contribution in [2.75, 3.05) is 35.8 Å². The molecule has 1 aliphatic heterocycles. The van der Waals surface area contributed by atoms with Crippen molar-refractivity contribution in [2.45, 2.75) is 10.6 Å². The second-order valence-corrected chi connectivity index (χ2v) is 10.9. The molecule has 1 N–H and O–H groups in total. The van der Waals surface area contributed by atoms with E-state index in [1.54, 1.807) is 30.3 Å². The summed E-state index contributed by atoms with van der Waals surface area (Å²) in [5.41, 5.74) is 0.737. The third-order valence-corrected chi connectivity index (χ3v) is 8.29. The number of nitrogens with one attached hydrogen (secondary N) is 1. The standard InChI is InChI=1S/C21H23N5O4S2/c27-31(28,17-18-7-3-1-4-8-18)26-15-13-25(14-16-26)21-20(22-11-12-23-21)24-32(29,30)19-9-5-2-6-10-19/h1-12H,13-17H2,(H,22,24). The van der Waals surface area contributed by atoms with E-state index >= 15 is 0 Å². The van der Waals surface area contributed by atoms with Gasteiger partial charge in [-0.3, -0.25) is 4.72 Å². The fourth-order valence-corrected chi connectivity index (χ4v) is 6.02. The predicted molar refractivity (Wildman–Crippen MR) is 122 cm³/mol. The molecule has 1 saturated heterocycles. The Kier molecular flexibility index (Phi) is 6.40. The summed E-state index contributed by atoms with van der Waals surface area (Å²) in [6, 6.07) is 17.1. The lowest BCUT2D eigenvalue weighted by Crippen LogP contribution is -2.49. The number of nitrogens with zero attached hydrogens (tertiary/aromatic N) is 4. The van der Waals surface area contributed by atoms with Crippen LogP contribution in [0.2, 0.25) is 0 Å². The highest BCUT2D eigenvalue weighted by molar-refractivity contribution is 7.92. The summed E-state index contributed by atoms with van der Waals surface area (Å²) in [4.78, 5) is 10.4. The van der Waals surface area contributed by atoms with Gasteiger partial charge in [0, 0.05) is 38.6 Å². The molecular weight excluding hydrogens is 450 g/mol. The molecule has 1 aromatic heterocycles. The zero-order chi connectivity index (χ0) is 22.6. The molecule has 0 radical (unpaired) electrons. The number of hydrogen-bond acceptors (Lipinski definition) is 7. The van der Waals surface area contributed by atoms with Gasteiger partial charge < -0.3 is 4.90 Å². The van der Waals surface area contributed by atoms with Gasteiger partial charge in [-0.25, -0.2) is 26.8 Å². The van der Waals surface area contributed by atoms with Crippen LogP contribution in [0.25, 0.3) is 0 Å². The number of sulfonamides is 2. The van der Waals surface area contributed by atoms with Gasteiger partial charge in [0.05, 0.1) is 10.6 Å². The molecule has 168 valence electrons. The van der Waals surface area contributed by atoms with Crippen LogP contribution in [0.15, 0.2) is 78.0 Å². The van der Waals surface area contributed by atoms with Crippen molar-refractivity contribution < 1.29 is 16.8 Å². The number of benzene rings is 2. The van der Waals surface area contributed by atoms with Crippen LogP contribution in [0.4, 0.5) is 11.6 Å². The molecule has 0 unspecified atom stereocenters. The maximum absolute atomic E-state index is 12.8. The summed E-state index contributed by atoms with van der Waals surface area (Å²) in [5, 5.41) is 0. The summed E-state index contributed by atoms with van der Waals surface area (Å²) in [5.74, 6) is 0.422. The van der Waals surface area contributed by atoms with Crippen molar-refractivity contribution in [1.29, 1.82) is 0 Å². The Bertz CT molecular complexity index is 1260. The molecule has 1 fully saturated rings. The van der Waals surface area contributed by atoms with E-state index in [9.17, 15) is 16.8 Å². The third-order valence-electron chi connectivity index (χ3n) is 5.09. The molecule has 2 aromatic carbocycles. The third kappa shape index (κ3) is 5.06. The van der Waals surface area contributed by atoms with Gasteiger partial charge in [0.25, 0.3) is 10.0 Å². The van der Waals surface area contributed by atoms with Gasteiger partial charge in [-0.15, -0.1) is 0 Å². The van der Waals surface area contributed by atoms with Crippen molar-refractivity contribution in [1.82, 2.24) is 14.3 Å². The van der Waals surface area contributed by atoms with E-state index < -0.39 is 20.0 Å². The van der Waals surface area contributed by atoms with E-state index in [1.165, 1.54) is 28.8 Å². The van der Waals surface area contributed by atoms with Crippen LogP contribution in [0.3, 0.4) is 0 Å². The van der Waals surface area contributed by atoms with Crippen LogP contribution in [-0.2, 0) is 25.8 Å². The fourth-order valence-electron chi connectivity index (χ4n) is 3.47. The molecule has 3 aromatic rings. The number of piperazine rings is 1. The minimum Gasteiger partial charge on any atom is -0.351 e. The van der Waals surface area contributed by atoms with Gasteiger partial charge in [-0.2, -0.15) is 4.31 Å². The molecule has 0 bridgehead atoms. The van der Waals surface area contributed by atoms with Gasteiger partial charge in [-0.1, -0.05) is 48.5 Å². The second kappa shape index (κ2) is 9.23. The average molecular weight is 474 g/mol. The van der Waals surface area contributed by atoms with Gasteiger partial charge in [0.1, 0.15) is 0 Å². The van der Waals surface area contributed by atoms with Gasteiger partial charge >= 0.3 is 0 Å². The molecule has 1 aliphatic rings. The van der Waals surface area contributed by atoms with E-state index in [0.717, 1.165) is 5.56 Å². The Labute approximate surface area is 187 Å². The topological polar surface area (TPSA) is 113 Å². The molecule has 0 atom stereocenters. The van der Waals surface area contributed by atoms with Gasteiger partial charge in [0.2, 0.25) is 10.0 Å². The average Bonchev–Trinajstić information content (AvgIpc) is 2.80. The SMILES string of the molecule is O=S(=O)(Nc1nccnc1N1CCN(S(=O)(=O)Cc2ccccc2)CC1)c1ccccc1. The van der Waals surface area contributed by atoms with Crippen molar-refractivity contribution in [2.24, 2.45) is 0 Å². The Morgan fingerprint density at radius 2 is 1.38 bits per heavy atom. The van der Waals surface area contributed by atoms with Crippen molar-refractivity contribution in [3.63, 3.8) is 0 Å². The van der Waals surface area contributed by atoms with Crippen molar-refractivity contribution in [3.8, 4) is 0 Å². The lowest BCUT2D eigenvalue weighted by Gasteiger charge is -2.35. The number of rotatable bonds is 7. The van der Waals surface area contributed by atoms with Gasteiger partial charge in [0.15, 0.2) is 11.6 Å². The minimum atomic E-state index is -3.83. The molecule has 9 nitrogen and oxygen atoms in total. The van der Waals surface area contributed by atoms with E-state index in [4.69, 9.17) is 0 Å². The first-order chi connectivity index (χ1) is 15.4. The zero-order valence-corrected chi connectivity index (χ0v) is 18.8. The summed E-state index contributed by atoms with van der Waals surface area (Å²) in [6.45, 7) is 1.28. The first kappa shape index (κ1) is 22.2. The van der Waals surface area contributed by atoms with Crippen LogP contribution in [0.5, 0.6) is 0 Å². The monoisotopic (exact) mass is 473 g/mol. The summed E-state index contributed by atoms with van der Waals surface area (Å²) in [7, 11) is -7.29. The zero-order valence-electron chi connectivity index (χ0n) is 17.2. The first-order valence-electron chi connectivity index (χ1n) is 10.0. The summed E-state index contributed by atoms with van der Waals surface area (Å²) < 4.78 is 55.0. The van der Waals surface area contributed by atoms with Crippen LogP contribution in [0.1, 0.15) is 5.56 Å². The second-order valence-electron chi connectivity index (χ2n) is 7.28. The first-order valence-corrected chi connectivity index (χ1v) is 13.1. The molecule has 0 saturated carbocycles. The molecule has 0 spiro atoms. The Balaban J connectivity index is 1.47. The van der Waals surface area contributed by atoms with Gasteiger partial charge in [-0.05, 0) is 17.7 Å². The smallest absolute Gasteiger partial charge is 0.263 e. The maximum atomic E-state index is 12.8. The molecular formula is C21H23N5O4S2. The Morgan fingerprint density at radius 3 is 2.03 bits per heavy atom. The normalized spacial score (nSPS) is 15.4. The summed E-state index contributed by atoms with van der Waals surface area (Å²) >= 11 is 0. The van der Waals surface area contributed by atoms with Crippen LogP contribution < -0.4 is 9.62 Å². The van der Waals surface area contributed by atoms with E-state index in [-0.39, 0.29) is 29.6 Å². The molecule has 32 heavy (non-hydrogen) atoms. The van der Waals surface area contributed by atoms with Crippen LogP contribution in [0, 0.1) is 0 Å². The van der Waals surface area contributed by atoms with E-state index in [1.807, 2.05) is 23.1 Å². The molecule has 11 heteroatoms. The molecule has 2 heterocycles. The van der Waals surface area contributed by atoms with Crippen LogP contribution >= 0.6 is 0 Å². The van der Waals surface area contributed by atoms with E-state index in [0.29, 0.717) is 18.9 Å². The van der Waals surface area contributed by atoms with Crippen molar-refractivity contribution in [3.05, 3.63) is 78.6 Å². The lowest BCUT2D eigenvalue weighted by molar-refractivity contribution is 0.383. The predicted octanol–water partition coefficient (Wildman–Crippen LogP) is 1.93. The van der Waals surface area contributed by atoms with Crippen LogP contribution in [-0.4, -0.2) is 57.3 Å². The summed E-state index contributed by atoms with van der Waals surface area (Å²) in [6.07, 6.45) is 2.89. The largest absolute Gasteiger partial charge is 0.351 e. The number of aromatic nitrogens is 2. The lowest BCUT2D eigenvalue weighted by atomic mass is 10.2. The maximum Gasteiger partial charge on any atom is 0.263 e.